The number of thiazole rings is 1. The predicted molar refractivity (Wildman–Crippen MR) is 109 cm³/mol. The van der Waals surface area contributed by atoms with E-state index in [2.05, 4.69) is 44.6 Å². The molecular weight excluding hydrogens is 374 g/mol. The highest BCUT2D eigenvalue weighted by Crippen LogP contribution is 2.33. The minimum absolute atomic E-state index is 0.154. The average molecular weight is 400 g/mol. The van der Waals surface area contributed by atoms with E-state index in [0.29, 0.717) is 0 Å². The van der Waals surface area contributed by atoms with Gasteiger partial charge >= 0.3 is 0 Å². The molecule has 7 nitrogen and oxygen atoms in total. The molecule has 28 heavy (non-hydrogen) atoms. The van der Waals surface area contributed by atoms with E-state index in [1.807, 2.05) is 19.1 Å². The van der Waals surface area contributed by atoms with Crippen molar-refractivity contribution < 1.29 is 9.47 Å². The number of aromatic nitrogens is 4. The summed E-state index contributed by atoms with van der Waals surface area (Å²) in [5.74, 6) is 3.50. The van der Waals surface area contributed by atoms with Crippen LogP contribution in [0.5, 0.6) is 11.5 Å². The van der Waals surface area contributed by atoms with Crippen LogP contribution in [0.4, 0.5) is 0 Å². The number of nitrogens with zero attached hydrogens (tertiary/aromatic N) is 5. The first-order valence-corrected chi connectivity index (χ1v) is 10.2. The van der Waals surface area contributed by atoms with Gasteiger partial charge in [0.15, 0.2) is 11.6 Å². The highest BCUT2D eigenvalue weighted by molar-refractivity contribution is 7.11. The topological polar surface area (TPSA) is 65.3 Å². The molecule has 1 aromatic carbocycles. The van der Waals surface area contributed by atoms with Gasteiger partial charge in [0, 0.05) is 36.1 Å². The van der Waals surface area contributed by atoms with Gasteiger partial charge in [-0.1, -0.05) is 6.07 Å². The molecule has 1 aliphatic rings. The molecule has 0 radical (unpaired) electrons. The molecule has 0 fully saturated rings. The molecule has 1 atom stereocenters. The maximum Gasteiger partial charge on any atom is 0.183 e. The van der Waals surface area contributed by atoms with Gasteiger partial charge < -0.3 is 14.0 Å². The fourth-order valence-corrected chi connectivity index (χ4v) is 4.57. The van der Waals surface area contributed by atoms with Crippen molar-refractivity contribution in [1.82, 2.24) is 24.6 Å². The minimum atomic E-state index is 0.154. The van der Waals surface area contributed by atoms with E-state index in [-0.39, 0.29) is 6.04 Å². The number of fused-ring (bicyclic) bond motifs is 1. The Hall–Kier alpha value is -2.45. The van der Waals surface area contributed by atoms with Gasteiger partial charge in [0.25, 0.3) is 0 Å². The predicted octanol–water partition coefficient (Wildman–Crippen LogP) is 3.61. The van der Waals surface area contributed by atoms with Crippen molar-refractivity contribution in [1.29, 1.82) is 0 Å². The molecule has 1 aliphatic heterocycles. The normalized spacial score (nSPS) is 16.8. The van der Waals surface area contributed by atoms with Crippen molar-refractivity contribution in [3.8, 4) is 23.0 Å². The summed E-state index contributed by atoms with van der Waals surface area (Å²) in [6.07, 6.45) is 0. The third-order valence-corrected chi connectivity index (χ3v) is 6.18. The molecule has 0 saturated heterocycles. The Bertz CT molecular complexity index is 997. The Labute approximate surface area is 168 Å². The first-order chi connectivity index (χ1) is 13.5. The molecule has 2 aromatic heterocycles. The maximum atomic E-state index is 5.56. The van der Waals surface area contributed by atoms with Crippen LogP contribution in [0.3, 0.4) is 0 Å². The largest absolute Gasteiger partial charge is 0.497 e. The molecule has 0 bridgehead atoms. The van der Waals surface area contributed by atoms with Gasteiger partial charge in [0.2, 0.25) is 0 Å². The summed E-state index contributed by atoms with van der Waals surface area (Å²) in [5.41, 5.74) is 2.09. The second-order valence-electron chi connectivity index (χ2n) is 7.00. The lowest BCUT2D eigenvalue weighted by Gasteiger charge is -2.34. The summed E-state index contributed by atoms with van der Waals surface area (Å²) in [4.78, 5) is 8.25. The second-order valence-corrected chi connectivity index (χ2v) is 8.40. The molecule has 0 N–H and O–H groups in total. The maximum absolute atomic E-state index is 5.56. The van der Waals surface area contributed by atoms with Crippen LogP contribution in [0.25, 0.3) is 11.5 Å². The number of benzene rings is 1. The van der Waals surface area contributed by atoms with Crippen molar-refractivity contribution in [2.75, 3.05) is 20.8 Å². The zero-order chi connectivity index (χ0) is 19.8. The van der Waals surface area contributed by atoms with E-state index >= 15 is 0 Å². The third kappa shape index (κ3) is 3.27. The first kappa shape index (κ1) is 18.9. The van der Waals surface area contributed by atoms with Gasteiger partial charge in [0.1, 0.15) is 17.2 Å². The van der Waals surface area contributed by atoms with Crippen LogP contribution in [-0.2, 0) is 13.1 Å². The number of hydrogen-bond donors (Lipinski definition) is 0. The molecule has 8 heteroatoms. The Kier molecular flexibility index (Phi) is 5.07. The molecule has 0 aliphatic carbocycles. The zero-order valence-electron chi connectivity index (χ0n) is 16.9. The van der Waals surface area contributed by atoms with Crippen LogP contribution >= 0.6 is 11.3 Å². The monoisotopic (exact) mass is 399 g/mol. The van der Waals surface area contributed by atoms with Crippen molar-refractivity contribution >= 4 is 11.3 Å². The quantitative estimate of drug-likeness (QED) is 0.653. The smallest absolute Gasteiger partial charge is 0.183 e. The summed E-state index contributed by atoms with van der Waals surface area (Å²) in [6, 6.07) is 6.12. The van der Waals surface area contributed by atoms with E-state index in [0.717, 1.165) is 59.0 Å². The Balaban J connectivity index is 1.60. The summed E-state index contributed by atoms with van der Waals surface area (Å²) < 4.78 is 13.1. The van der Waals surface area contributed by atoms with E-state index in [4.69, 9.17) is 9.47 Å². The van der Waals surface area contributed by atoms with Crippen LogP contribution < -0.4 is 9.47 Å². The van der Waals surface area contributed by atoms with Gasteiger partial charge in [-0.05, 0) is 26.8 Å². The lowest BCUT2D eigenvalue weighted by atomic mass is 10.1. The summed E-state index contributed by atoms with van der Waals surface area (Å²) in [6.45, 7) is 8.84. The Morgan fingerprint density at radius 2 is 1.96 bits per heavy atom. The number of ether oxygens (including phenoxy) is 2. The van der Waals surface area contributed by atoms with Crippen LogP contribution in [0, 0.1) is 13.8 Å². The SMILES string of the molecule is COc1ccc(CN2CCn3c(-c4nc(C)sc4C)nnc3[C@H]2C)c(OC)c1. The van der Waals surface area contributed by atoms with Crippen molar-refractivity contribution in [3.05, 3.63) is 39.5 Å². The second kappa shape index (κ2) is 7.52. The van der Waals surface area contributed by atoms with Crippen molar-refractivity contribution in [3.63, 3.8) is 0 Å². The highest BCUT2D eigenvalue weighted by Gasteiger charge is 2.30. The molecule has 0 unspecified atom stereocenters. The fourth-order valence-electron chi connectivity index (χ4n) is 3.76. The van der Waals surface area contributed by atoms with Crippen molar-refractivity contribution in [2.24, 2.45) is 0 Å². The van der Waals surface area contributed by atoms with Crippen molar-refractivity contribution in [2.45, 2.75) is 39.9 Å². The standard InChI is InChI=1S/C20H25N5O2S/c1-12-19-22-23-20(18-13(2)28-14(3)21-18)25(19)9-8-24(12)11-15-6-7-16(26-4)10-17(15)27-5/h6-7,10,12H,8-9,11H2,1-5H3/t12-/m1/s1. The molecular formula is C20H25N5O2S. The fraction of sp³-hybridized carbons (Fsp3) is 0.450. The van der Waals surface area contributed by atoms with E-state index in [1.165, 1.54) is 4.88 Å². The van der Waals surface area contributed by atoms with Crippen LogP contribution in [-0.4, -0.2) is 45.4 Å². The average Bonchev–Trinajstić information content (AvgIpc) is 3.26. The van der Waals surface area contributed by atoms with Crippen LogP contribution in [0.1, 0.15) is 34.2 Å². The van der Waals surface area contributed by atoms with Crippen LogP contribution in [0.15, 0.2) is 18.2 Å². The van der Waals surface area contributed by atoms with Crippen LogP contribution in [0.2, 0.25) is 0 Å². The summed E-state index contributed by atoms with van der Waals surface area (Å²) in [5, 5.41) is 10.0. The van der Waals surface area contributed by atoms with E-state index in [1.54, 1.807) is 25.6 Å². The van der Waals surface area contributed by atoms with E-state index < -0.39 is 0 Å². The summed E-state index contributed by atoms with van der Waals surface area (Å²) >= 11 is 1.70. The third-order valence-electron chi connectivity index (χ3n) is 5.29. The van der Waals surface area contributed by atoms with Gasteiger partial charge in [-0.15, -0.1) is 21.5 Å². The Morgan fingerprint density at radius 3 is 2.64 bits per heavy atom. The number of methoxy groups -OCH3 is 2. The van der Waals surface area contributed by atoms with Gasteiger partial charge in [-0.25, -0.2) is 4.98 Å². The molecule has 4 rings (SSSR count). The summed E-state index contributed by atoms with van der Waals surface area (Å²) in [7, 11) is 3.36. The molecule has 3 aromatic rings. The lowest BCUT2D eigenvalue weighted by molar-refractivity contribution is 0.155. The first-order valence-electron chi connectivity index (χ1n) is 9.34. The van der Waals surface area contributed by atoms with Gasteiger partial charge in [-0.2, -0.15) is 0 Å². The van der Waals surface area contributed by atoms with Gasteiger partial charge in [0.05, 0.1) is 25.3 Å². The van der Waals surface area contributed by atoms with Gasteiger partial charge in [-0.3, -0.25) is 4.90 Å². The Morgan fingerprint density at radius 1 is 1.14 bits per heavy atom. The molecule has 148 valence electrons. The molecule has 0 saturated carbocycles. The highest BCUT2D eigenvalue weighted by atomic mass is 32.1. The van der Waals surface area contributed by atoms with E-state index in [9.17, 15) is 0 Å². The zero-order valence-corrected chi connectivity index (χ0v) is 17.7. The number of rotatable bonds is 5. The molecule has 3 heterocycles. The number of hydrogen-bond acceptors (Lipinski definition) is 7. The lowest BCUT2D eigenvalue weighted by Crippen LogP contribution is -2.36. The molecule has 0 spiro atoms. The number of aryl methyl sites for hydroxylation is 2. The molecule has 0 amide bonds. The minimum Gasteiger partial charge on any atom is -0.497 e.